The minimum Gasteiger partial charge on any atom is -0.328 e. The van der Waals surface area contributed by atoms with Crippen LogP contribution in [-0.4, -0.2) is 6.04 Å². The van der Waals surface area contributed by atoms with Crippen LogP contribution in [0.15, 0.2) is 11.6 Å². The molecule has 1 aliphatic rings. The highest BCUT2D eigenvalue weighted by molar-refractivity contribution is 5.06. The lowest BCUT2D eigenvalue weighted by Gasteiger charge is -2.28. The first-order chi connectivity index (χ1) is 5.59. The zero-order valence-electron chi connectivity index (χ0n) is 8.51. The maximum absolute atomic E-state index is 5.80. The molecule has 0 amide bonds. The first kappa shape index (κ1) is 9.79. The van der Waals surface area contributed by atoms with Gasteiger partial charge in [-0.05, 0) is 44.9 Å². The van der Waals surface area contributed by atoms with Crippen molar-refractivity contribution in [1.82, 2.24) is 0 Å². The molecule has 1 heteroatoms. The van der Waals surface area contributed by atoms with Crippen LogP contribution < -0.4 is 5.73 Å². The summed E-state index contributed by atoms with van der Waals surface area (Å²) >= 11 is 0. The molecule has 0 aromatic heterocycles. The van der Waals surface area contributed by atoms with E-state index in [0.29, 0.717) is 6.04 Å². The van der Waals surface area contributed by atoms with Gasteiger partial charge in [0.15, 0.2) is 0 Å². The molecule has 3 unspecified atom stereocenters. The summed E-state index contributed by atoms with van der Waals surface area (Å²) in [7, 11) is 0. The Balaban J connectivity index is 2.47. The molecule has 1 nitrogen and oxygen atoms in total. The van der Waals surface area contributed by atoms with E-state index in [4.69, 9.17) is 5.73 Å². The SMILES string of the molecule is CC1=CC(C)C(CC(C)N)CC1. The molecule has 2 N–H and O–H groups in total. The number of nitrogens with two attached hydrogens (primary N) is 1. The van der Waals surface area contributed by atoms with Gasteiger partial charge in [0.25, 0.3) is 0 Å². The average molecular weight is 167 g/mol. The highest BCUT2D eigenvalue weighted by Crippen LogP contribution is 2.31. The molecule has 12 heavy (non-hydrogen) atoms. The Labute approximate surface area is 76.0 Å². The zero-order chi connectivity index (χ0) is 9.14. The second-order valence-electron chi connectivity index (χ2n) is 4.38. The quantitative estimate of drug-likeness (QED) is 0.629. The van der Waals surface area contributed by atoms with Crippen molar-refractivity contribution in [2.75, 3.05) is 0 Å². The molecule has 70 valence electrons. The van der Waals surface area contributed by atoms with E-state index < -0.39 is 0 Å². The second-order valence-corrected chi connectivity index (χ2v) is 4.38. The van der Waals surface area contributed by atoms with Crippen molar-refractivity contribution in [3.05, 3.63) is 11.6 Å². The molecule has 0 aromatic rings. The molecule has 0 heterocycles. The van der Waals surface area contributed by atoms with Gasteiger partial charge in [-0.2, -0.15) is 0 Å². The van der Waals surface area contributed by atoms with Crippen molar-refractivity contribution in [1.29, 1.82) is 0 Å². The Morgan fingerprint density at radius 2 is 2.33 bits per heavy atom. The molecule has 3 atom stereocenters. The molecule has 0 radical (unpaired) electrons. The highest BCUT2D eigenvalue weighted by Gasteiger charge is 2.20. The maximum Gasteiger partial charge on any atom is 0.00133 e. The summed E-state index contributed by atoms with van der Waals surface area (Å²) in [6, 6.07) is 0.365. The minimum atomic E-state index is 0.365. The summed E-state index contributed by atoms with van der Waals surface area (Å²) in [5.74, 6) is 1.57. The summed E-state index contributed by atoms with van der Waals surface area (Å²) in [4.78, 5) is 0. The third-order valence-electron chi connectivity index (χ3n) is 2.87. The van der Waals surface area contributed by atoms with Gasteiger partial charge in [-0.25, -0.2) is 0 Å². The van der Waals surface area contributed by atoms with Crippen LogP contribution in [0.5, 0.6) is 0 Å². The summed E-state index contributed by atoms with van der Waals surface area (Å²) < 4.78 is 0. The first-order valence-corrected chi connectivity index (χ1v) is 5.02. The van der Waals surface area contributed by atoms with Gasteiger partial charge in [0.1, 0.15) is 0 Å². The van der Waals surface area contributed by atoms with Gasteiger partial charge in [0.2, 0.25) is 0 Å². The summed E-state index contributed by atoms with van der Waals surface area (Å²) in [5, 5.41) is 0. The van der Waals surface area contributed by atoms with Gasteiger partial charge in [0.05, 0.1) is 0 Å². The molecule has 0 aliphatic heterocycles. The summed E-state index contributed by atoms with van der Waals surface area (Å²) in [6.07, 6.45) is 6.22. The Morgan fingerprint density at radius 3 is 2.83 bits per heavy atom. The van der Waals surface area contributed by atoms with Crippen LogP contribution in [0.4, 0.5) is 0 Å². The van der Waals surface area contributed by atoms with Crippen LogP contribution >= 0.6 is 0 Å². The lowest BCUT2D eigenvalue weighted by Crippen LogP contribution is -2.24. The molecule has 0 spiro atoms. The van der Waals surface area contributed by atoms with Gasteiger partial charge in [0, 0.05) is 6.04 Å². The third-order valence-corrected chi connectivity index (χ3v) is 2.87. The van der Waals surface area contributed by atoms with Crippen molar-refractivity contribution < 1.29 is 0 Å². The minimum absolute atomic E-state index is 0.365. The van der Waals surface area contributed by atoms with E-state index in [-0.39, 0.29) is 0 Å². The smallest absolute Gasteiger partial charge is 0.00133 e. The average Bonchev–Trinajstić information content (AvgIpc) is 1.94. The molecule has 0 bridgehead atoms. The van der Waals surface area contributed by atoms with Crippen molar-refractivity contribution in [3.63, 3.8) is 0 Å². The Morgan fingerprint density at radius 1 is 1.67 bits per heavy atom. The molecule has 0 saturated heterocycles. The molecular formula is C11H21N. The Bertz CT molecular complexity index is 170. The molecule has 0 saturated carbocycles. The van der Waals surface area contributed by atoms with Crippen molar-refractivity contribution in [2.45, 2.75) is 46.1 Å². The maximum atomic E-state index is 5.80. The predicted molar refractivity (Wildman–Crippen MR) is 53.9 cm³/mol. The largest absolute Gasteiger partial charge is 0.328 e. The molecular weight excluding hydrogens is 146 g/mol. The van der Waals surface area contributed by atoms with E-state index in [0.717, 1.165) is 11.8 Å². The third kappa shape index (κ3) is 2.63. The fraction of sp³-hybridized carbons (Fsp3) is 0.818. The standard InChI is InChI=1S/C11H21N/c1-8-4-5-11(7-10(3)12)9(2)6-8/h6,9-11H,4-5,7,12H2,1-3H3. The van der Waals surface area contributed by atoms with E-state index in [1.54, 1.807) is 5.57 Å². The van der Waals surface area contributed by atoms with E-state index in [9.17, 15) is 0 Å². The Hall–Kier alpha value is -0.300. The van der Waals surface area contributed by atoms with Crippen LogP contribution in [0.1, 0.15) is 40.0 Å². The van der Waals surface area contributed by atoms with Crippen molar-refractivity contribution in [3.8, 4) is 0 Å². The number of rotatable bonds is 2. The van der Waals surface area contributed by atoms with E-state index in [1.165, 1.54) is 19.3 Å². The van der Waals surface area contributed by atoms with Crippen molar-refractivity contribution >= 4 is 0 Å². The lowest BCUT2D eigenvalue weighted by atomic mass is 9.79. The number of hydrogen-bond acceptors (Lipinski definition) is 1. The topological polar surface area (TPSA) is 26.0 Å². The van der Waals surface area contributed by atoms with Gasteiger partial charge >= 0.3 is 0 Å². The predicted octanol–water partition coefficient (Wildman–Crippen LogP) is 2.72. The Kier molecular flexibility index (Phi) is 3.33. The molecule has 0 aromatic carbocycles. The second kappa shape index (κ2) is 4.08. The zero-order valence-corrected chi connectivity index (χ0v) is 8.51. The highest BCUT2D eigenvalue weighted by atomic mass is 14.6. The monoisotopic (exact) mass is 167 g/mol. The van der Waals surface area contributed by atoms with Crippen LogP contribution in [0, 0.1) is 11.8 Å². The van der Waals surface area contributed by atoms with Gasteiger partial charge in [-0.15, -0.1) is 0 Å². The number of allylic oxidation sites excluding steroid dienone is 2. The number of hydrogen-bond donors (Lipinski definition) is 1. The molecule has 1 aliphatic carbocycles. The summed E-state index contributed by atoms with van der Waals surface area (Å²) in [5.41, 5.74) is 7.36. The van der Waals surface area contributed by atoms with Gasteiger partial charge < -0.3 is 5.73 Å². The van der Waals surface area contributed by atoms with Crippen LogP contribution in [0.25, 0.3) is 0 Å². The van der Waals surface area contributed by atoms with Gasteiger partial charge in [-0.1, -0.05) is 18.6 Å². The van der Waals surface area contributed by atoms with E-state index in [1.807, 2.05) is 0 Å². The van der Waals surface area contributed by atoms with Crippen LogP contribution in [-0.2, 0) is 0 Å². The van der Waals surface area contributed by atoms with Crippen LogP contribution in [0.2, 0.25) is 0 Å². The lowest BCUT2D eigenvalue weighted by molar-refractivity contribution is 0.328. The summed E-state index contributed by atoms with van der Waals surface area (Å²) in [6.45, 7) is 6.66. The molecule has 0 fully saturated rings. The molecule has 1 rings (SSSR count). The fourth-order valence-electron chi connectivity index (χ4n) is 2.15. The van der Waals surface area contributed by atoms with E-state index in [2.05, 4.69) is 26.8 Å². The van der Waals surface area contributed by atoms with Crippen LogP contribution in [0.3, 0.4) is 0 Å². The fourth-order valence-corrected chi connectivity index (χ4v) is 2.15. The normalized spacial score (nSPS) is 32.8. The van der Waals surface area contributed by atoms with Gasteiger partial charge in [-0.3, -0.25) is 0 Å². The first-order valence-electron chi connectivity index (χ1n) is 5.02. The van der Waals surface area contributed by atoms with Crippen molar-refractivity contribution in [2.24, 2.45) is 17.6 Å². The van der Waals surface area contributed by atoms with E-state index >= 15 is 0 Å².